The Bertz CT molecular complexity index is 1190. The first-order chi connectivity index (χ1) is 17.0. The normalized spacial score (nSPS) is 10.5. The number of halogens is 1. The molecule has 0 unspecified atom stereocenters. The molecule has 0 atom stereocenters. The lowest BCUT2D eigenvalue weighted by molar-refractivity contribution is 0.277. The van der Waals surface area contributed by atoms with Gasteiger partial charge in [-0.15, -0.1) is 10.2 Å². The number of benzene rings is 1. The molecule has 0 amide bonds. The van der Waals surface area contributed by atoms with Gasteiger partial charge < -0.3 is 18.6 Å². The van der Waals surface area contributed by atoms with E-state index in [1.165, 1.54) is 11.9 Å². The molecule has 186 valence electrons. The van der Waals surface area contributed by atoms with E-state index in [1.807, 2.05) is 37.3 Å². The molecule has 1 aromatic carbocycles. The van der Waals surface area contributed by atoms with Crippen molar-refractivity contribution in [3.63, 3.8) is 0 Å². The maximum absolute atomic E-state index is 13.0. The Kier molecular flexibility index (Phi) is 9.44. The van der Waals surface area contributed by atoms with Crippen molar-refractivity contribution in [3.05, 3.63) is 60.1 Å². The second-order valence-corrected chi connectivity index (χ2v) is 7.93. The Morgan fingerprint density at radius 1 is 1.00 bits per heavy atom. The number of aromatic nitrogens is 5. The predicted molar refractivity (Wildman–Crippen MR) is 132 cm³/mol. The molecule has 1 N–H and O–H groups in total. The van der Waals surface area contributed by atoms with Crippen LogP contribution in [0.4, 0.5) is 10.3 Å². The quantitative estimate of drug-likeness (QED) is 0.262. The smallest absolute Gasteiger partial charge is 0.239 e. The summed E-state index contributed by atoms with van der Waals surface area (Å²) in [4.78, 5) is 7.95. The summed E-state index contributed by atoms with van der Waals surface area (Å²) in [5.74, 6) is 4.15. The highest BCUT2D eigenvalue weighted by molar-refractivity contribution is 8.00. The van der Waals surface area contributed by atoms with Crippen molar-refractivity contribution in [2.45, 2.75) is 13.3 Å². The van der Waals surface area contributed by atoms with E-state index in [1.54, 1.807) is 33.0 Å². The molecule has 3 aromatic heterocycles. The fourth-order valence-corrected chi connectivity index (χ4v) is 3.70. The average molecular weight is 503 g/mol. The number of nitrogens with zero attached hydrogens (tertiary/aromatic N) is 5. The minimum atomic E-state index is -0.459. The van der Waals surface area contributed by atoms with Crippen LogP contribution in [0.5, 0.6) is 11.5 Å². The highest BCUT2D eigenvalue weighted by Gasteiger charge is 2.24. The number of rotatable bonds is 9. The number of aryl methyl sites for hydroxylation is 2. The fraction of sp³-hybridized carbons (Fsp3) is 0.304. The molecular formula is C23H27FN6O4S. The van der Waals surface area contributed by atoms with Crippen LogP contribution in [0, 0.1) is 12.7 Å². The molecule has 0 spiro atoms. The van der Waals surface area contributed by atoms with Crippen LogP contribution in [-0.4, -0.2) is 58.9 Å². The Morgan fingerprint density at radius 3 is 2.23 bits per heavy atom. The zero-order valence-electron chi connectivity index (χ0n) is 20.1. The van der Waals surface area contributed by atoms with E-state index in [0.29, 0.717) is 52.7 Å². The van der Waals surface area contributed by atoms with Crippen molar-refractivity contribution in [2.75, 3.05) is 38.9 Å². The summed E-state index contributed by atoms with van der Waals surface area (Å²) in [6.07, 6.45) is 2.86. The third-order valence-electron chi connectivity index (χ3n) is 4.51. The first-order valence-corrected chi connectivity index (χ1v) is 11.5. The van der Waals surface area contributed by atoms with Crippen LogP contribution in [0.25, 0.3) is 17.3 Å². The monoisotopic (exact) mass is 502 g/mol. The molecule has 10 nitrogen and oxygen atoms in total. The van der Waals surface area contributed by atoms with Crippen molar-refractivity contribution < 1.29 is 23.0 Å². The maximum atomic E-state index is 13.0. The lowest BCUT2D eigenvalue weighted by Crippen LogP contribution is -2.07. The average Bonchev–Trinajstić information content (AvgIpc) is 3.48. The number of nitrogens with one attached hydrogen (secondary N) is 1. The van der Waals surface area contributed by atoms with Gasteiger partial charge in [0.1, 0.15) is 28.8 Å². The first-order valence-electron chi connectivity index (χ1n) is 10.5. The number of anilines is 1. The molecule has 12 heteroatoms. The SMILES string of the molecule is COC.COc1cccc(OC)c1-n1c(NSCCc2ncc(F)cn2)nnc1-c1ccc(C)o1. The number of furan rings is 1. The molecular weight excluding hydrogens is 475 g/mol. The van der Waals surface area contributed by atoms with Gasteiger partial charge in [-0.3, -0.25) is 9.29 Å². The second-order valence-electron chi connectivity index (χ2n) is 7.03. The predicted octanol–water partition coefficient (Wildman–Crippen LogP) is 4.35. The molecule has 0 bridgehead atoms. The molecule has 35 heavy (non-hydrogen) atoms. The summed E-state index contributed by atoms with van der Waals surface area (Å²) in [7, 11) is 6.42. The molecule has 0 radical (unpaired) electrons. The number of hydrogen-bond acceptors (Lipinski definition) is 10. The van der Waals surface area contributed by atoms with Gasteiger partial charge in [0.05, 0.1) is 26.6 Å². The van der Waals surface area contributed by atoms with E-state index >= 15 is 0 Å². The molecule has 0 saturated heterocycles. The van der Waals surface area contributed by atoms with E-state index < -0.39 is 5.82 Å². The van der Waals surface area contributed by atoms with Gasteiger partial charge in [-0.25, -0.2) is 14.4 Å². The van der Waals surface area contributed by atoms with Crippen molar-refractivity contribution >= 4 is 17.9 Å². The van der Waals surface area contributed by atoms with Gasteiger partial charge in [0.2, 0.25) is 11.8 Å². The second kappa shape index (κ2) is 12.7. The highest BCUT2D eigenvalue weighted by Crippen LogP contribution is 2.38. The number of ether oxygens (including phenoxy) is 3. The third kappa shape index (κ3) is 6.49. The van der Waals surface area contributed by atoms with Crippen molar-refractivity contribution in [1.29, 1.82) is 0 Å². The minimum absolute atomic E-state index is 0.459. The summed E-state index contributed by atoms with van der Waals surface area (Å²) in [5.41, 5.74) is 0.636. The Morgan fingerprint density at radius 2 is 1.66 bits per heavy atom. The first kappa shape index (κ1) is 26.0. The van der Waals surface area contributed by atoms with Crippen LogP contribution < -0.4 is 14.2 Å². The highest BCUT2D eigenvalue weighted by atomic mass is 32.2. The molecule has 0 fully saturated rings. The van der Waals surface area contributed by atoms with E-state index in [0.717, 1.165) is 18.2 Å². The lowest BCUT2D eigenvalue weighted by Gasteiger charge is -2.16. The Balaban J connectivity index is 0.00000108. The van der Waals surface area contributed by atoms with Crippen molar-refractivity contribution in [2.24, 2.45) is 0 Å². The standard InChI is InChI=1S/C21H21FN6O3S.C2H6O/c1-13-7-8-17(31-13)20-25-26-21(27-32-10-9-18-23-11-14(22)12-24-18)28(20)19-15(29-2)5-4-6-16(19)30-3;1-3-2/h4-8,11-12H,9-10H2,1-3H3,(H,26,27);1-2H3. The summed E-state index contributed by atoms with van der Waals surface area (Å²) in [6.45, 7) is 1.86. The molecule has 0 aliphatic carbocycles. The van der Waals surface area contributed by atoms with E-state index in [4.69, 9.17) is 13.9 Å². The van der Waals surface area contributed by atoms with Gasteiger partial charge in [0.15, 0.2) is 11.6 Å². The van der Waals surface area contributed by atoms with Gasteiger partial charge >= 0.3 is 0 Å². The van der Waals surface area contributed by atoms with E-state index in [2.05, 4.69) is 29.6 Å². The van der Waals surface area contributed by atoms with Crippen LogP contribution >= 0.6 is 11.9 Å². The molecule has 3 heterocycles. The zero-order valence-corrected chi connectivity index (χ0v) is 20.9. The summed E-state index contributed by atoms with van der Waals surface area (Å²) >= 11 is 1.40. The van der Waals surface area contributed by atoms with Crippen LogP contribution in [0.3, 0.4) is 0 Å². The van der Waals surface area contributed by atoms with Gasteiger partial charge in [0, 0.05) is 26.4 Å². The zero-order chi connectivity index (χ0) is 25.2. The number of para-hydroxylation sites is 1. The molecule has 0 aliphatic rings. The topological polar surface area (TPSA) is 109 Å². The largest absolute Gasteiger partial charge is 0.494 e. The number of methoxy groups -OCH3 is 3. The van der Waals surface area contributed by atoms with Gasteiger partial charge in [-0.2, -0.15) is 0 Å². The van der Waals surface area contributed by atoms with Crippen LogP contribution in [-0.2, 0) is 11.2 Å². The molecule has 4 aromatic rings. The van der Waals surface area contributed by atoms with Gasteiger partial charge in [0.25, 0.3) is 0 Å². The van der Waals surface area contributed by atoms with Gasteiger partial charge in [-0.1, -0.05) is 6.07 Å². The van der Waals surface area contributed by atoms with Crippen molar-refractivity contribution in [3.8, 4) is 28.8 Å². The van der Waals surface area contributed by atoms with Crippen LogP contribution in [0.15, 0.2) is 47.1 Å². The molecule has 4 rings (SSSR count). The van der Waals surface area contributed by atoms with Crippen LogP contribution in [0.2, 0.25) is 0 Å². The Hall–Kier alpha value is -3.64. The maximum Gasteiger partial charge on any atom is 0.239 e. The Labute approximate surface area is 207 Å². The fourth-order valence-electron chi connectivity index (χ4n) is 3.05. The number of hydrogen-bond donors (Lipinski definition) is 1. The lowest BCUT2D eigenvalue weighted by atomic mass is 10.2. The summed E-state index contributed by atoms with van der Waals surface area (Å²) in [5, 5.41) is 8.65. The van der Waals surface area contributed by atoms with Crippen molar-refractivity contribution in [1.82, 2.24) is 24.7 Å². The van der Waals surface area contributed by atoms with E-state index in [-0.39, 0.29) is 0 Å². The third-order valence-corrected chi connectivity index (χ3v) is 5.25. The minimum Gasteiger partial charge on any atom is -0.494 e. The van der Waals surface area contributed by atoms with E-state index in [9.17, 15) is 4.39 Å². The summed E-state index contributed by atoms with van der Waals surface area (Å²) in [6, 6.07) is 9.20. The van der Waals surface area contributed by atoms with Crippen LogP contribution in [0.1, 0.15) is 11.6 Å². The van der Waals surface area contributed by atoms with Gasteiger partial charge in [-0.05, 0) is 43.1 Å². The molecule has 0 aliphatic heterocycles. The summed E-state index contributed by atoms with van der Waals surface area (Å²) < 4.78 is 39.2. The molecule has 0 saturated carbocycles.